The molecular formula is C17H18ClF2N. The van der Waals surface area contributed by atoms with E-state index >= 15 is 0 Å². The largest absolute Gasteiger partial charge is 0.310 e. The van der Waals surface area contributed by atoms with Crippen LogP contribution in [-0.4, -0.2) is 6.54 Å². The summed E-state index contributed by atoms with van der Waals surface area (Å²) in [6.45, 7) is 2.80. The minimum absolute atomic E-state index is 0.231. The molecule has 0 spiro atoms. The molecule has 0 saturated carbocycles. The van der Waals surface area contributed by atoms with E-state index in [2.05, 4.69) is 5.32 Å². The second-order valence-electron chi connectivity index (χ2n) is 4.97. The average Bonchev–Trinajstić information content (AvgIpc) is 2.46. The van der Waals surface area contributed by atoms with Crippen LogP contribution in [0.25, 0.3) is 0 Å². The SMILES string of the molecule is CCCNC(Cc1ccccc1Cl)c1ccc(F)cc1F. The third-order valence-electron chi connectivity index (χ3n) is 3.36. The van der Waals surface area contributed by atoms with Crippen molar-refractivity contribution in [3.8, 4) is 0 Å². The van der Waals surface area contributed by atoms with Crippen molar-refractivity contribution >= 4 is 11.6 Å². The van der Waals surface area contributed by atoms with Gasteiger partial charge in [-0.2, -0.15) is 0 Å². The molecule has 112 valence electrons. The van der Waals surface area contributed by atoms with E-state index in [0.29, 0.717) is 17.0 Å². The molecule has 0 aliphatic heterocycles. The van der Waals surface area contributed by atoms with E-state index in [1.165, 1.54) is 12.1 Å². The Morgan fingerprint density at radius 3 is 2.57 bits per heavy atom. The normalized spacial score (nSPS) is 12.4. The first-order valence-electron chi connectivity index (χ1n) is 7.03. The van der Waals surface area contributed by atoms with Gasteiger partial charge >= 0.3 is 0 Å². The predicted octanol–water partition coefficient (Wildman–Crippen LogP) is 4.90. The molecule has 0 heterocycles. The zero-order chi connectivity index (χ0) is 15.2. The van der Waals surface area contributed by atoms with Crippen molar-refractivity contribution < 1.29 is 8.78 Å². The predicted molar refractivity (Wildman–Crippen MR) is 82.5 cm³/mol. The first-order valence-corrected chi connectivity index (χ1v) is 7.41. The lowest BCUT2D eigenvalue weighted by Gasteiger charge is -2.20. The van der Waals surface area contributed by atoms with E-state index in [4.69, 9.17) is 11.6 Å². The molecule has 1 atom stereocenters. The van der Waals surface area contributed by atoms with Gasteiger partial charge in [-0.15, -0.1) is 0 Å². The molecule has 2 aromatic carbocycles. The van der Waals surface area contributed by atoms with Crippen LogP contribution in [0.2, 0.25) is 5.02 Å². The first kappa shape index (κ1) is 15.9. The van der Waals surface area contributed by atoms with E-state index in [0.717, 1.165) is 24.6 Å². The smallest absolute Gasteiger partial charge is 0.130 e. The molecule has 0 aliphatic carbocycles. The molecule has 1 nitrogen and oxygen atoms in total. The topological polar surface area (TPSA) is 12.0 Å². The van der Waals surface area contributed by atoms with E-state index in [9.17, 15) is 8.78 Å². The number of halogens is 3. The van der Waals surface area contributed by atoms with Crippen LogP contribution in [0.5, 0.6) is 0 Å². The second kappa shape index (κ2) is 7.53. The molecular weight excluding hydrogens is 292 g/mol. The molecule has 2 aromatic rings. The maximum absolute atomic E-state index is 14.0. The Balaban J connectivity index is 2.27. The highest BCUT2D eigenvalue weighted by atomic mass is 35.5. The quantitative estimate of drug-likeness (QED) is 0.800. The van der Waals surface area contributed by atoms with E-state index < -0.39 is 11.6 Å². The molecule has 4 heteroatoms. The highest BCUT2D eigenvalue weighted by Crippen LogP contribution is 2.25. The van der Waals surface area contributed by atoms with Crippen molar-refractivity contribution in [2.45, 2.75) is 25.8 Å². The lowest BCUT2D eigenvalue weighted by atomic mass is 9.98. The van der Waals surface area contributed by atoms with E-state index in [-0.39, 0.29) is 6.04 Å². The van der Waals surface area contributed by atoms with Crippen LogP contribution in [0.1, 0.15) is 30.5 Å². The molecule has 21 heavy (non-hydrogen) atoms. The minimum atomic E-state index is -0.566. The fourth-order valence-electron chi connectivity index (χ4n) is 2.28. The molecule has 0 fully saturated rings. The zero-order valence-corrected chi connectivity index (χ0v) is 12.6. The Labute approximate surface area is 128 Å². The molecule has 2 rings (SSSR count). The molecule has 0 radical (unpaired) electrons. The fourth-order valence-corrected chi connectivity index (χ4v) is 2.49. The standard InChI is InChI=1S/C17H18ClF2N/c1-2-9-21-17(10-12-5-3-4-6-15(12)18)14-8-7-13(19)11-16(14)20/h3-8,11,17,21H,2,9-10H2,1H3. The highest BCUT2D eigenvalue weighted by Gasteiger charge is 2.17. The Bertz CT molecular complexity index is 601. The van der Waals surface area contributed by atoms with Gasteiger partial charge < -0.3 is 5.32 Å². The number of nitrogens with one attached hydrogen (secondary N) is 1. The van der Waals surface area contributed by atoms with Gasteiger partial charge in [0.05, 0.1) is 0 Å². The van der Waals surface area contributed by atoms with Crippen LogP contribution in [0.4, 0.5) is 8.78 Å². The van der Waals surface area contributed by atoms with Gasteiger partial charge in [-0.3, -0.25) is 0 Å². The molecule has 0 amide bonds. The summed E-state index contributed by atoms with van der Waals surface area (Å²) in [6, 6.07) is 11.0. The minimum Gasteiger partial charge on any atom is -0.310 e. The van der Waals surface area contributed by atoms with Crippen molar-refractivity contribution in [1.29, 1.82) is 0 Å². The van der Waals surface area contributed by atoms with Gasteiger partial charge in [0.1, 0.15) is 11.6 Å². The molecule has 1 N–H and O–H groups in total. The van der Waals surface area contributed by atoms with Gasteiger partial charge in [0.15, 0.2) is 0 Å². The fraction of sp³-hybridized carbons (Fsp3) is 0.294. The van der Waals surface area contributed by atoms with Crippen molar-refractivity contribution in [2.75, 3.05) is 6.54 Å². The van der Waals surface area contributed by atoms with Crippen LogP contribution in [0.3, 0.4) is 0 Å². The summed E-state index contributed by atoms with van der Waals surface area (Å²) in [4.78, 5) is 0. The van der Waals surface area contributed by atoms with Gasteiger partial charge in [0.2, 0.25) is 0 Å². The average molecular weight is 310 g/mol. The Morgan fingerprint density at radius 2 is 1.90 bits per heavy atom. The third-order valence-corrected chi connectivity index (χ3v) is 3.73. The second-order valence-corrected chi connectivity index (χ2v) is 5.38. The van der Waals surface area contributed by atoms with Crippen molar-refractivity contribution in [2.24, 2.45) is 0 Å². The van der Waals surface area contributed by atoms with Gasteiger partial charge in [-0.1, -0.05) is 42.8 Å². The summed E-state index contributed by atoms with van der Waals surface area (Å²) in [5, 5.41) is 3.96. The van der Waals surface area contributed by atoms with Crippen LogP contribution < -0.4 is 5.32 Å². The summed E-state index contributed by atoms with van der Waals surface area (Å²) in [5.74, 6) is -1.10. The summed E-state index contributed by atoms with van der Waals surface area (Å²) in [5.41, 5.74) is 1.40. The molecule has 0 aliphatic rings. The zero-order valence-electron chi connectivity index (χ0n) is 11.9. The molecule has 1 unspecified atom stereocenters. The summed E-state index contributed by atoms with van der Waals surface area (Å²) in [6.07, 6.45) is 1.49. The number of hydrogen-bond donors (Lipinski definition) is 1. The third kappa shape index (κ3) is 4.26. The van der Waals surface area contributed by atoms with Crippen LogP contribution >= 0.6 is 11.6 Å². The first-order chi connectivity index (χ1) is 10.1. The van der Waals surface area contributed by atoms with Crippen molar-refractivity contribution in [3.05, 3.63) is 70.2 Å². The highest BCUT2D eigenvalue weighted by molar-refractivity contribution is 6.31. The summed E-state index contributed by atoms with van der Waals surface area (Å²) < 4.78 is 27.1. The van der Waals surface area contributed by atoms with Crippen molar-refractivity contribution in [3.63, 3.8) is 0 Å². The Hall–Kier alpha value is -1.45. The maximum Gasteiger partial charge on any atom is 0.130 e. The number of rotatable bonds is 6. The number of benzene rings is 2. The van der Waals surface area contributed by atoms with E-state index in [1.54, 1.807) is 0 Å². The molecule has 0 saturated heterocycles. The van der Waals surface area contributed by atoms with Crippen molar-refractivity contribution in [1.82, 2.24) is 5.32 Å². The summed E-state index contributed by atoms with van der Waals surface area (Å²) >= 11 is 6.17. The lowest BCUT2D eigenvalue weighted by molar-refractivity contribution is 0.491. The molecule has 0 aromatic heterocycles. The Morgan fingerprint density at radius 1 is 1.14 bits per heavy atom. The lowest BCUT2D eigenvalue weighted by Crippen LogP contribution is -2.25. The summed E-state index contributed by atoms with van der Waals surface area (Å²) in [7, 11) is 0. The van der Waals surface area contributed by atoms with Crippen LogP contribution in [-0.2, 0) is 6.42 Å². The van der Waals surface area contributed by atoms with Gasteiger partial charge in [-0.25, -0.2) is 8.78 Å². The van der Waals surface area contributed by atoms with E-state index in [1.807, 2.05) is 31.2 Å². The van der Waals surface area contributed by atoms with Gasteiger partial charge in [-0.05, 0) is 37.1 Å². The monoisotopic (exact) mass is 309 g/mol. The van der Waals surface area contributed by atoms with Crippen LogP contribution in [0.15, 0.2) is 42.5 Å². The van der Waals surface area contributed by atoms with Crippen LogP contribution in [0, 0.1) is 11.6 Å². The Kier molecular flexibility index (Phi) is 5.71. The van der Waals surface area contributed by atoms with Gasteiger partial charge in [0, 0.05) is 22.7 Å². The molecule has 0 bridgehead atoms. The van der Waals surface area contributed by atoms with Gasteiger partial charge in [0.25, 0.3) is 0 Å². The maximum atomic E-state index is 14.0. The number of hydrogen-bond acceptors (Lipinski definition) is 1.